The number of benzene rings is 2. The number of alkyl halides is 2. The number of aromatic carboxylic acids is 1. The molecule has 0 radical (unpaired) electrons. The number of halogens is 4. The number of anilines is 1. The first kappa shape index (κ1) is 23.2. The summed E-state index contributed by atoms with van der Waals surface area (Å²) in [5.41, 5.74) is -1.04. The van der Waals surface area contributed by atoms with Crippen LogP contribution in [-0.4, -0.2) is 31.5 Å². The lowest BCUT2D eigenvalue weighted by atomic mass is 9.91. The Bertz CT molecular complexity index is 1300. The number of nitrogens with zero attached hydrogens (tertiary/aromatic N) is 1. The minimum absolute atomic E-state index is 0.0739. The van der Waals surface area contributed by atoms with Crippen LogP contribution in [0.3, 0.4) is 0 Å². The topological polar surface area (TPSA) is 116 Å². The first-order chi connectivity index (χ1) is 15.4. The number of nitriles is 1. The zero-order valence-corrected chi connectivity index (χ0v) is 18.3. The number of ether oxygens (including phenoxy) is 1. The number of sulfonamides is 1. The number of nitrogens with one attached hydrogen (secondary N) is 1. The van der Waals surface area contributed by atoms with Crippen LogP contribution in [0, 0.1) is 17.1 Å². The number of carboxylic acid groups (broad SMARTS) is 1. The van der Waals surface area contributed by atoms with Gasteiger partial charge in [-0.3, -0.25) is 4.72 Å². The molecule has 2 aliphatic rings. The molecule has 0 saturated heterocycles. The molecule has 33 heavy (non-hydrogen) atoms. The molecule has 4 rings (SSSR count). The second-order valence-corrected chi connectivity index (χ2v) is 10.1. The third kappa shape index (κ3) is 4.72. The van der Waals surface area contributed by atoms with Gasteiger partial charge < -0.3 is 9.84 Å². The Balaban J connectivity index is 1.74. The summed E-state index contributed by atoms with van der Waals surface area (Å²) in [4.78, 5) is 10.9. The molecule has 2 aliphatic carbocycles. The van der Waals surface area contributed by atoms with E-state index in [1.807, 2.05) is 0 Å². The van der Waals surface area contributed by atoms with Crippen molar-refractivity contribution < 1.29 is 36.2 Å². The normalized spacial score (nSPS) is 17.7. The molecule has 174 valence electrons. The van der Waals surface area contributed by atoms with Gasteiger partial charge in [-0.1, -0.05) is 11.6 Å². The Morgan fingerprint density at radius 1 is 1.24 bits per heavy atom. The highest BCUT2D eigenvalue weighted by molar-refractivity contribution is 7.92. The molecule has 12 heteroatoms. The minimum Gasteiger partial charge on any atom is -0.488 e. The fourth-order valence-electron chi connectivity index (χ4n) is 3.57. The third-order valence-corrected chi connectivity index (χ3v) is 7.15. The van der Waals surface area contributed by atoms with E-state index in [0.29, 0.717) is 12.8 Å². The van der Waals surface area contributed by atoms with E-state index in [2.05, 4.69) is 4.72 Å². The summed E-state index contributed by atoms with van der Waals surface area (Å²) in [6.07, 6.45) is -0.805. The quantitative estimate of drug-likeness (QED) is 0.558. The maximum absolute atomic E-state index is 14.2. The first-order valence-corrected chi connectivity index (χ1v) is 11.6. The standard InChI is InChI=1S/C21H16ClF3N2O5S/c22-15-6-18(32-12-7-21(24,25)8-12)17(3-11(15)9-26)27-33(30,31)19-5-14(20(28)29)16(23)4-13(19)10-1-2-10/h3-6,10,12,27H,1-2,7-8H2,(H,28,29). The van der Waals surface area contributed by atoms with E-state index in [4.69, 9.17) is 16.3 Å². The third-order valence-electron chi connectivity index (χ3n) is 5.42. The fourth-order valence-corrected chi connectivity index (χ4v) is 5.13. The van der Waals surface area contributed by atoms with Gasteiger partial charge in [0.15, 0.2) is 0 Å². The van der Waals surface area contributed by atoms with Crippen LogP contribution < -0.4 is 9.46 Å². The molecule has 0 amide bonds. The lowest BCUT2D eigenvalue weighted by molar-refractivity contribution is -0.134. The molecule has 2 N–H and O–H groups in total. The predicted octanol–water partition coefficient (Wildman–Crippen LogP) is 4.90. The van der Waals surface area contributed by atoms with Crippen molar-refractivity contribution in [1.82, 2.24) is 0 Å². The fraction of sp³-hybridized carbons (Fsp3) is 0.333. The van der Waals surface area contributed by atoms with E-state index in [1.54, 1.807) is 6.07 Å². The second kappa shape index (κ2) is 8.11. The van der Waals surface area contributed by atoms with Gasteiger partial charge in [0.2, 0.25) is 0 Å². The van der Waals surface area contributed by atoms with Gasteiger partial charge in [-0.2, -0.15) is 5.26 Å². The van der Waals surface area contributed by atoms with E-state index in [1.165, 1.54) is 0 Å². The van der Waals surface area contributed by atoms with Crippen LogP contribution in [-0.2, 0) is 10.0 Å². The molecule has 0 spiro atoms. The molecule has 0 aromatic heterocycles. The van der Waals surface area contributed by atoms with E-state index >= 15 is 0 Å². The molecule has 0 bridgehead atoms. The Hall–Kier alpha value is -2.97. The molecule has 2 saturated carbocycles. The predicted molar refractivity (Wildman–Crippen MR) is 111 cm³/mol. The van der Waals surface area contributed by atoms with Gasteiger partial charge in [0, 0.05) is 18.9 Å². The van der Waals surface area contributed by atoms with Gasteiger partial charge in [0.1, 0.15) is 23.7 Å². The molecule has 2 aromatic carbocycles. The van der Waals surface area contributed by atoms with Gasteiger partial charge in [-0.25, -0.2) is 26.4 Å². The smallest absolute Gasteiger partial charge is 0.338 e. The monoisotopic (exact) mass is 500 g/mol. The Morgan fingerprint density at radius 3 is 2.45 bits per heavy atom. The van der Waals surface area contributed by atoms with Crippen LogP contribution in [0.4, 0.5) is 18.9 Å². The SMILES string of the molecule is N#Cc1cc(NS(=O)(=O)c2cc(C(=O)O)c(F)cc2C2CC2)c(OC2CC(F)(F)C2)cc1Cl. The molecule has 0 aliphatic heterocycles. The highest BCUT2D eigenvalue weighted by Crippen LogP contribution is 2.45. The van der Waals surface area contributed by atoms with Crippen molar-refractivity contribution in [2.45, 2.75) is 48.5 Å². The molecular weight excluding hydrogens is 485 g/mol. The molecule has 2 aromatic rings. The van der Waals surface area contributed by atoms with Crippen LogP contribution in [0.1, 0.15) is 53.1 Å². The number of carboxylic acids is 1. The van der Waals surface area contributed by atoms with Gasteiger partial charge in [0.05, 0.1) is 26.7 Å². The van der Waals surface area contributed by atoms with E-state index < -0.39 is 57.1 Å². The van der Waals surface area contributed by atoms with Crippen molar-refractivity contribution in [3.05, 3.63) is 51.8 Å². The van der Waals surface area contributed by atoms with E-state index in [9.17, 15) is 36.8 Å². The van der Waals surface area contributed by atoms with Gasteiger partial charge in [-0.05, 0) is 42.5 Å². The van der Waals surface area contributed by atoms with Gasteiger partial charge in [-0.15, -0.1) is 0 Å². The summed E-state index contributed by atoms with van der Waals surface area (Å²) in [5.74, 6) is -6.00. The zero-order valence-electron chi connectivity index (χ0n) is 16.7. The average Bonchev–Trinajstić information content (AvgIpc) is 3.53. The second-order valence-electron chi connectivity index (χ2n) is 8.00. The summed E-state index contributed by atoms with van der Waals surface area (Å²) >= 11 is 6.00. The van der Waals surface area contributed by atoms with Crippen molar-refractivity contribution in [1.29, 1.82) is 5.26 Å². The molecule has 2 fully saturated rings. The molecule has 0 atom stereocenters. The number of rotatable bonds is 7. The van der Waals surface area contributed by atoms with Gasteiger partial charge in [0.25, 0.3) is 15.9 Å². The molecular formula is C21H16ClF3N2O5S. The van der Waals surface area contributed by atoms with Crippen molar-refractivity contribution >= 4 is 33.3 Å². The number of hydrogen-bond acceptors (Lipinski definition) is 5. The van der Waals surface area contributed by atoms with E-state index in [-0.39, 0.29) is 33.5 Å². The van der Waals surface area contributed by atoms with Crippen molar-refractivity contribution in [2.75, 3.05) is 4.72 Å². The Labute approximate surface area is 191 Å². The summed E-state index contributed by atoms with van der Waals surface area (Å²) in [6, 6.07) is 5.65. The Kier molecular flexibility index (Phi) is 5.70. The van der Waals surface area contributed by atoms with Crippen LogP contribution in [0.15, 0.2) is 29.2 Å². The van der Waals surface area contributed by atoms with Crippen molar-refractivity contribution in [2.24, 2.45) is 0 Å². The maximum atomic E-state index is 14.2. The number of hydrogen-bond donors (Lipinski definition) is 2. The van der Waals surface area contributed by atoms with Crippen molar-refractivity contribution in [3.63, 3.8) is 0 Å². The van der Waals surface area contributed by atoms with Crippen LogP contribution in [0.5, 0.6) is 5.75 Å². The summed E-state index contributed by atoms with van der Waals surface area (Å²) in [5, 5.41) is 18.4. The largest absolute Gasteiger partial charge is 0.488 e. The Morgan fingerprint density at radius 2 is 1.91 bits per heavy atom. The van der Waals surface area contributed by atoms with Crippen LogP contribution >= 0.6 is 11.6 Å². The highest BCUT2D eigenvalue weighted by Gasteiger charge is 2.47. The average molecular weight is 501 g/mol. The summed E-state index contributed by atoms with van der Waals surface area (Å²) < 4.78 is 74.8. The first-order valence-electron chi connectivity index (χ1n) is 9.78. The number of carbonyl (C=O) groups is 1. The lowest BCUT2D eigenvalue weighted by Crippen LogP contribution is -2.43. The summed E-state index contributed by atoms with van der Waals surface area (Å²) in [6.45, 7) is 0. The summed E-state index contributed by atoms with van der Waals surface area (Å²) in [7, 11) is -4.49. The maximum Gasteiger partial charge on any atom is 0.338 e. The van der Waals surface area contributed by atoms with Crippen LogP contribution in [0.2, 0.25) is 5.02 Å². The lowest BCUT2D eigenvalue weighted by Gasteiger charge is -2.35. The zero-order chi connectivity index (χ0) is 24.1. The minimum atomic E-state index is -4.49. The van der Waals surface area contributed by atoms with Gasteiger partial charge >= 0.3 is 5.97 Å². The van der Waals surface area contributed by atoms with Crippen molar-refractivity contribution in [3.8, 4) is 11.8 Å². The molecule has 0 unspecified atom stereocenters. The molecule has 7 nitrogen and oxygen atoms in total. The van der Waals surface area contributed by atoms with E-state index in [0.717, 1.165) is 24.3 Å². The molecule has 0 heterocycles. The highest BCUT2D eigenvalue weighted by atomic mass is 35.5. The van der Waals surface area contributed by atoms with Crippen LogP contribution in [0.25, 0.3) is 0 Å².